The molecule has 0 bridgehead atoms. The number of nitrogens with zero attached hydrogens (tertiary/aromatic N) is 2. The molecule has 2 N–H and O–H groups in total. The van der Waals surface area contributed by atoms with Gasteiger partial charge in [0.05, 0.1) is 33.1 Å². The third kappa shape index (κ3) is 2.37. The van der Waals surface area contributed by atoms with Crippen molar-refractivity contribution in [2.24, 2.45) is 14.6 Å². The minimum absolute atomic E-state index is 0.103. The van der Waals surface area contributed by atoms with E-state index in [9.17, 15) is 4.79 Å². The van der Waals surface area contributed by atoms with Gasteiger partial charge < -0.3 is 10.6 Å². The molecular weight excluding hydrogens is 319 g/mol. The van der Waals surface area contributed by atoms with Crippen molar-refractivity contribution in [2.45, 2.75) is 19.4 Å². The number of carbonyl (C=O) groups excluding carboxylic acids is 1. The summed E-state index contributed by atoms with van der Waals surface area (Å²) in [6.45, 7) is 2.90. The van der Waals surface area contributed by atoms with Crippen LogP contribution in [0.1, 0.15) is 13.3 Å². The minimum Gasteiger partial charge on any atom is -0.322 e. The summed E-state index contributed by atoms with van der Waals surface area (Å²) in [4.78, 5) is 12.3. The number of benzene rings is 1. The summed E-state index contributed by atoms with van der Waals surface area (Å²) in [5.41, 5.74) is 1.57. The number of hydrogen-bond acceptors (Lipinski definition) is 4. The first kappa shape index (κ1) is 14.0. The van der Waals surface area contributed by atoms with Gasteiger partial charge in [0.15, 0.2) is 0 Å². The van der Waals surface area contributed by atoms with Crippen molar-refractivity contribution in [2.75, 3.05) is 11.9 Å². The van der Waals surface area contributed by atoms with Crippen LogP contribution in [0.25, 0.3) is 0 Å². The summed E-state index contributed by atoms with van der Waals surface area (Å²) in [6, 6.07) is 1.37. The normalized spacial score (nSPS) is 23.6. The summed E-state index contributed by atoms with van der Waals surface area (Å²) in [7, 11) is 0. The highest BCUT2D eigenvalue weighted by Gasteiger charge is 2.30. The lowest BCUT2D eigenvalue weighted by molar-refractivity contribution is -0.118. The zero-order valence-corrected chi connectivity index (χ0v) is 12.9. The van der Waals surface area contributed by atoms with Crippen molar-refractivity contribution in [1.82, 2.24) is 5.32 Å². The Labute approximate surface area is 129 Å². The molecule has 0 radical (unpaired) electrons. The average molecular weight is 331 g/mol. The van der Waals surface area contributed by atoms with Gasteiger partial charge in [-0.1, -0.05) is 30.1 Å². The quantitative estimate of drug-likeness (QED) is 0.882. The largest absolute Gasteiger partial charge is 0.322 e. The lowest BCUT2D eigenvalue weighted by Crippen LogP contribution is -2.39. The fourth-order valence-corrected chi connectivity index (χ4v) is 3.54. The molecule has 2 atom stereocenters. The Morgan fingerprint density at radius 1 is 1.40 bits per heavy atom. The third-order valence-corrected chi connectivity index (χ3v) is 4.62. The van der Waals surface area contributed by atoms with Crippen LogP contribution < -0.4 is 10.6 Å². The van der Waals surface area contributed by atoms with Crippen LogP contribution in [0, 0.1) is 5.92 Å². The second-order valence-corrected chi connectivity index (χ2v) is 6.21. The fourth-order valence-electron chi connectivity index (χ4n) is 2.38. The van der Waals surface area contributed by atoms with Gasteiger partial charge in [0, 0.05) is 0 Å². The lowest BCUT2D eigenvalue weighted by atomic mass is 10.0. The van der Waals surface area contributed by atoms with Crippen molar-refractivity contribution in [3.05, 3.63) is 16.1 Å². The standard InChI is InChI=1S/C12H12Cl2N4OS/c1-5-2-3-15-8(5)12(19)16-9-6(13)4-7(14)10-11(9)18-20-17-10/h4-5,8,15H,2-3H2,1H3,(H,16,19). The number of amides is 1. The van der Waals surface area contributed by atoms with Crippen molar-refractivity contribution in [3.63, 3.8) is 0 Å². The Balaban J connectivity index is 1.90. The molecule has 0 aliphatic carbocycles. The molecule has 2 unspecified atom stereocenters. The van der Waals surface area contributed by atoms with Gasteiger partial charge in [-0.05, 0) is 24.9 Å². The first-order chi connectivity index (χ1) is 9.58. The topological polar surface area (TPSA) is 65.8 Å². The summed E-state index contributed by atoms with van der Waals surface area (Å²) in [5, 5.41) is 6.84. The molecule has 0 aromatic heterocycles. The maximum Gasteiger partial charge on any atom is 0.241 e. The zero-order valence-electron chi connectivity index (χ0n) is 10.6. The summed E-state index contributed by atoms with van der Waals surface area (Å²) in [6.07, 6.45) is 0.986. The molecule has 0 spiro atoms. The van der Waals surface area contributed by atoms with Crippen LogP contribution in [0.5, 0.6) is 0 Å². The second kappa shape index (κ2) is 5.44. The molecule has 0 saturated carbocycles. The molecule has 1 aromatic carbocycles. The predicted molar refractivity (Wildman–Crippen MR) is 82.2 cm³/mol. The monoisotopic (exact) mass is 330 g/mol. The fraction of sp³-hybridized carbons (Fsp3) is 0.417. The molecule has 1 amide bonds. The zero-order chi connectivity index (χ0) is 14.3. The third-order valence-electron chi connectivity index (χ3n) is 3.51. The van der Waals surface area contributed by atoms with Gasteiger partial charge in [0.2, 0.25) is 5.91 Å². The Kier molecular flexibility index (Phi) is 3.81. The smallest absolute Gasteiger partial charge is 0.241 e. The van der Waals surface area contributed by atoms with Gasteiger partial charge in [-0.3, -0.25) is 4.79 Å². The number of anilines is 1. The van der Waals surface area contributed by atoms with Crippen LogP contribution >= 0.6 is 23.2 Å². The first-order valence-electron chi connectivity index (χ1n) is 6.22. The van der Waals surface area contributed by atoms with Crippen LogP contribution in [0.4, 0.5) is 17.1 Å². The van der Waals surface area contributed by atoms with Gasteiger partial charge in [0.25, 0.3) is 0 Å². The molecule has 3 rings (SSSR count). The Hall–Kier alpha value is -0.950. The van der Waals surface area contributed by atoms with Gasteiger partial charge in [-0.25, -0.2) is 0 Å². The van der Waals surface area contributed by atoms with Gasteiger partial charge in [-0.15, -0.1) is 0 Å². The highest BCUT2D eigenvalue weighted by molar-refractivity contribution is 7.58. The predicted octanol–water partition coefficient (Wildman–Crippen LogP) is 3.66. The number of nitrogens with one attached hydrogen (secondary N) is 2. The number of halogens is 2. The molecule has 1 aromatic rings. The van der Waals surface area contributed by atoms with Gasteiger partial charge in [0.1, 0.15) is 11.4 Å². The summed E-state index contributed by atoms with van der Waals surface area (Å²) >= 11 is 13.3. The van der Waals surface area contributed by atoms with E-state index in [1.807, 2.05) is 6.92 Å². The molecule has 2 aliphatic heterocycles. The van der Waals surface area contributed by atoms with Gasteiger partial charge in [-0.2, -0.15) is 8.73 Å². The Morgan fingerprint density at radius 3 is 2.85 bits per heavy atom. The molecule has 2 heterocycles. The maximum atomic E-state index is 12.3. The van der Waals surface area contributed by atoms with Crippen molar-refractivity contribution in [3.8, 4) is 0 Å². The first-order valence-corrected chi connectivity index (χ1v) is 7.71. The highest BCUT2D eigenvalue weighted by Crippen LogP contribution is 2.47. The Morgan fingerprint density at radius 2 is 2.15 bits per heavy atom. The van der Waals surface area contributed by atoms with E-state index in [0.29, 0.717) is 33.0 Å². The molecule has 8 heteroatoms. The van der Waals surface area contributed by atoms with Crippen LogP contribution in [-0.2, 0) is 16.1 Å². The van der Waals surface area contributed by atoms with Crippen LogP contribution in [0.3, 0.4) is 0 Å². The van der Waals surface area contributed by atoms with Crippen molar-refractivity contribution >= 4 is 57.5 Å². The van der Waals surface area contributed by atoms with Gasteiger partial charge >= 0.3 is 0 Å². The number of hydrogen-bond donors (Lipinski definition) is 2. The SMILES string of the molecule is CC1CCNC1C(=O)Nc1c(Cl)cc(Cl)c2c1N=S=N2. The average Bonchev–Trinajstić information content (AvgIpc) is 3.02. The maximum absolute atomic E-state index is 12.3. The van der Waals surface area contributed by atoms with E-state index in [4.69, 9.17) is 23.2 Å². The lowest BCUT2D eigenvalue weighted by Gasteiger charge is -2.17. The van der Waals surface area contributed by atoms with E-state index < -0.39 is 0 Å². The molecule has 5 nitrogen and oxygen atoms in total. The van der Waals surface area contributed by atoms with E-state index in [0.717, 1.165) is 24.3 Å². The summed E-state index contributed by atoms with van der Waals surface area (Å²) < 4.78 is 8.28. The number of carbonyl (C=O) groups is 1. The number of rotatable bonds is 2. The molecule has 1 fully saturated rings. The van der Waals surface area contributed by atoms with E-state index in [-0.39, 0.29) is 11.9 Å². The van der Waals surface area contributed by atoms with Crippen LogP contribution in [0.15, 0.2) is 14.8 Å². The van der Waals surface area contributed by atoms with Crippen molar-refractivity contribution < 1.29 is 4.79 Å². The van der Waals surface area contributed by atoms with Crippen LogP contribution in [0.2, 0.25) is 10.0 Å². The molecule has 1 saturated heterocycles. The molecule has 20 heavy (non-hydrogen) atoms. The Bertz CT molecular complexity index is 657. The highest BCUT2D eigenvalue weighted by atomic mass is 35.5. The second-order valence-electron chi connectivity index (χ2n) is 4.86. The molecule has 2 aliphatic rings. The minimum atomic E-state index is -0.205. The number of fused-ring (bicyclic) bond motifs is 1. The van der Waals surface area contributed by atoms with E-state index >= 15 is 0 Å². The van der Waals surface area contributed by atoms with E-state index in [1.165, 1.54) is 0 Å². The van der Waals surface area contributed by atoms with Crippen molar-refractivity contribution in [1.29, 1.82) is 0 Å². The van der Waals surface area contributed by atoms with E-state index in [1.54, 1.807) is 6.07 Å². The van der Waals surface area contributed by atoms with E-state index in [2.05, 4.69) is 19.4 Å². The molecule has 106 valence electrons. The summed E-state index contributed by atoms with van der Waals surface area (Å²) in [5.74, 6) is 0.193. The van der Waals surface area contributed by atoms with Crippen LogP contribution in [-0.4, -0.2) is 18.5 Å². The molecular formula is C12H12Cl2N4OS.